The lowest BCUT2D eigenvalue weighted by Crippen LogP contribution is -2.22. The van der Waals surface area contributed by atoms with Gasteiger partial charge in [0.05, 0.1) is 17.3 Å². The molecule has 1 amide bonds. The van der Waals surface area contributed by atoms with Gasteiger partial charge in [-0.25, -0.2) is 14.7 Å². The smallest absolute Gasteiger partial charge is 0.340 e. The van der Waals surface area contributed by atoms with E-state index in [0.717, 1.165) is 0 Å². The van der Waals surface area contributed by atoms with Crippen LogP contribution in [0.15, 0.2) is 60.7 Å². The molecule has 0 unspecified atom stereocenters. The molecule has 0 saturated carbocycles. The van der Waals surface area contributed by atoms with Gasteiger partial charge in [0.1, 0.15) is 0 Å². The average Bonchev–Trinajstić information content (AvgIpc) is 2.80. The minimum absolute atomic E-state index is 0.0419. The van der Waals surface area contributed by atoms with Crippen molar-refractivity contribution in [1.29, 1.82) is 0 Å². The molecular formula is C21H24NO9P. The highest BCUT2D eigenvalue weighted by atomic mass is 31.2. The molecule has 0 aromatic heterocycles. The third-order valence-corrected chi connectivity index (χ3v) is 5.94. The molecule has 0 aliphatic rings. The highest BCUT2D eigenvalue weighted by Gasteiger charge is 2.27. The Morgan fingerprint density at radius 1 is 0.844 bits per heavy atom. The predicted molar refractivity (Wildman–Crippen MR) is 112 cm³/mol. The van der Waals surface area contributed by atoms with Gasteiger partial charge in [-0.05, 0) is 30.7 Å². The Labute approximate surface area is 185 Å². The molecule has 0 heterocycles. The Kier molecular flexibility index (Phi) is 10.0. The summed E-state index contributed by atoms with van der Waals surface area (Å²) in [7, 11) is -2.74. The van der Waals surface area contributed by atoms with Crippen LogP contribution in [0.5, 0.6) is 0 Å². The normalized spacial score (nSPS) is 10.9. The van der Waals surface area contributed by atoms with Crippen molar-refractivity contribution in [3.8, 4) is 0 Å². The number of hydrogen-bond acceptors (Lipinski definition) is 9. The SMILES string of the molecule is CN(O)C(=O)CCCP(=O)(OCOC(=O)c1ccccc1)OCOC(=O)c1ccccc1. The maximum Gasteiger partial charge on any atom is 0.340 e. The minimum Gasteiger partial charge on any atom is -0.434 e. The lowest BCUT2D eigenvalue weighted by atomic mass is 10.2. The topological polar surface area (TPSA) is 129 Å². The molecule has 0 spiro atoms. The fourth-order valence-corrected chi connectivity index (χ4v) is 3.69. The van der Waals surface area contributed by atoms with E-state index in [1.807, 2.05) is 0 Å². The van der Waals surface area contributed by atoms with Crippen molar-refractivity contribution in [2.75, 3.05) is 26.8 Å². The van der Waals surface area contributed by atoms with Gasteiger partial charge in [-0.1, -0.05) is 36.4 Å². The molecule has 2 aromatic carbocycles. The molecule has 0 atom stereocenters. The van der Waals surface area contributed by atoms with E-state index < -0.39 is 39.0 Å². The number of carbonyl (C=O) groups excluding carboxylic acids is 3. The maximum atomic E-state index is 13.0. The number of hydrogen-bond donors (Lipinski definition) is 1. The predicted octanol–water partition coefficient (Wildman–Crippen LogP) is 3.47. The van der Waals surface area contributed by atoms with E-state index in [1.54, 1.807) is 60.7 Å². The van der Waals surface area contributed by atoms with Crippen molar-refractivity contribution in [3.63, 3.8) is 0 Å². The highest BCUT2D eigenvalue weighted by Crippen LogP contribution is 2.49. The number of esters is 2. The van der Waals surface area contributed by atoms with Crippen LogP contribution in [0.4, 0.5) is 0 Å². The molecule has 0 bridgehead atoms. The van der Waals surface area contributed by atoms with Gasteiger partial charge in [-0.2, -0.15) is 0 Å². The molecule has 11 heteroatoms. The number of nitrogens with zero attached hydrogens (tertiary/aromatic N) is 1. The Bertz CT molecular complexity index is 873. The van der Waals surface area contributed by atoms with Crippen molar-refractivity contribution < 1.29 is 42.7 Å². The Morgan fingerprint density at radius 2 is 1.28 bits per heavy atom. The Balaban J connectivity index is 1.90. The standard InChI is InChI=1S/C21H24NO9P/c1-22(26)19(23)13-8-14-32(27,30-15-28-20(24)17-9-4-2-5-10-17)31-16-29-21(25)18-11-6-3-7-12-18/h2-7,9-12,26H,8,13-16H2,1H3. The second-order valence-corrected chi connectivity index (χ2v) is 8.63. The Morgan fingerprint density at radius 3 is 1.69 bits per heavy atom. The molecule has 2 rings (SSSR count). The maximum absolute atomic E-state index is 13.0. The minimum atomic E-state index is -3.91. The third-order valence-electron chi connectivity index (χ3n) is 4.08. The molecule has 0 saturated heterocycles. The highest BCUT2D eigenvalue weighted by molar-refractivity contribution is 7.53. The number of amides is 1. The summed E-state index contributed by atoms with van der Waals surface area (Å²) in [5, 5.41) is 9.52. The van der Waals surface area contributed by atoms with Gasteiger partial charge in [-0.15, -0.1) is 0 Å². The lowest BCUT2D eigenvalue weighted by molar-refractivity contribution is -0.159. The van der Waals surface area contributed by atoms with E-state index in [2.05, 4.69) is 0 Å². The van der Waals surface area contributed by atoms with Crippen LogP contribution < -0.4 is 0 Å². The number of hydroxylamine groups is 2. The van der Waals surface area contributed by atoms with Gasteiger partial charge >= 0.3 is 19.5 Å². The fraction of sp³-hybridized carbons (Fsp3) is 0.286. The first-order chi connectivity index (χ1) is 15.3. The average molecular weight is 465 g/mol. The van der Waals surface area contributed by atoms with E-state index in [9.17, 15) is 18.9 Å². The van der Waals surface area contributed by atoms with Crippen molar-refractivity contribution in [2.24, 2.45) is 0 Å². The quantitative estimate of drug-likeness (QED) is 0.165. The summed E-state index contributed by atoms with van der Waals surface area (Å²) in [4.78, 5) is 35.5. The van der Waals surface area contributed by atoms with Crippen LogP contribution in [0, 0.1) is 0 Å². The van der Waals surface area contributed by atoms with E-state index in [-0.39, 0.29) is 30.1 Å². The van der Waals surface area contributed by atoms with Gasteiger partial charge in [-0.3, -0.25) is 23.6 Å². The van der Waals surface area contributed by atoms with E-state index in [1.165, 1.54) is 7.05 Å². The number of ether oxygens (including phenoxy) is 2. The lowest BCUT2D eigenvalue weighted by Gasteiger charge is -2.18. The van der Waals surface area contributed by atoms with Gasteiger partial charge < -0.3 is 9.47 Å². The van der Waals surface area contributed by atoms with E-state index >= 15 is 0 Å². The Hall–Kier alpha value is -3.04. The molecule has 10 nitrogen and oxygen atoms in total. The third kappa shape index (κ3) is 8.60. The van der Waals surface area contributed by atoms with Crippen LogP contribution >= 0.6 is 7.60 Å². The zero-order chi connectivity index (χ0) is 23.4. The van der Waals surface area contributed by atoms with Crippen molar-refractivity contribution in [3.05, 3.63) is 71.8 Å². The summed E-state index contributed by atoms with van der Waals surface area (Å²) in [6.07, 6.45) is -0.323. The molecule has 1 N–H and O–H groups in total. The van der Waals surface area contributed by atoms with Crippen LogP contribution in [0.1, 0.15) is 33.6 Å². The zero-order valence-electron chi connectivity index (χ0n) is 17.4. The van der Waals surface area contributed by atoms with Crippen LogP contribution in [0.25, 0.3) is 0 Å². The van der Waals surface area contributed by atoms with Gasteiger partial charge in [0.15, 0.2) is 0 Å². The first-order valence-electron chi connectivity index (χ1n) is 9.59. The first-order valence-corrected chi connectivity index (χ1v) is 11.3. The van der Waals surface area contributed by atoms with Crippen LogP contribution in [0.3, 0.4) is 0 Å². The first kappa shape index (κ1) is 25.2. The summed E-state index contributed by atoms with van der Waals surface area (Å²) in [6, 6.07) is 16.2. The van der Waals surface area contributed by atoms with Gasteiger partial charge in [0.25, 0.3) is 0 Å². The number of carbonyl (C=O) groups is 3. The van der Waals surface area contributed by atoms with Crippen LogP contribution in [0.2, 0.25) is 0 Å². The molecule has 0 radical (unpaired) electrons. The molecular weight excluding hydrogens is 441 g/mol. The molecule has 32 heavy (non-hydrogen) atoms. The summed E-state index contributed by atoms with van der Waals surface area (Å²) in [5.74, 6) is -1.97. The second kappa shape index (κ2) is 12.7. The summed E-state index contributed by atoms with van der Waals surface area (Å²) in [6.45, 7) is -1.35. The van der Waals surface area contributed by atoms with Crippen molar-refractivity contribution in [1.82, 2.24) is 5.06 Å². The number of rotatable bonds is 12. The molecule has 172 valence electrons. The molecule has 2 aromatic rings. The van der Waals surface area contributed by atoms with Crippen molar-refractivity contribution in [2.45, 2.75) is 12.8 Å². The summed E-state index contributed by atoms with van der Waals surface area (Å²) >= 11 is 0. The van der Waals surface area contributed by atoms with Crippen LogP contribution in [-0.4, -0.2) is 54.9 Å². The molecule has 0 aliphatic carbocycles. The van der Waals surface area contributed by atoms with Gasteiger partial charge in [0.2, 0.25) is 19.5 Å². The zero-order valence-corrected chi connectivity index (χ0v) is 18.3. The van der Waals surface area contributed by atoms with Crippen molar-refractivity contribution >= 4 is 25.4 Å². The molecule has 0 aliphatic heterocycles. The van der Waals surface area contributed by atoms with E-state index in [4.69, 9.17) is 23.7 Å². The summed E-state index contributed by atoms with van der Waals surface area (Å²) in [5.41, 5.74) is 0.556. The monoisotopic (exact) mass is 465 g/mol. The fourth-order valence-electron chi connectivity index (χ4n) is 2.39. The van der Waals surface area contributed by atoms with Crippen LogP contribution in [-0.2, 0) is 27.9 Å². The number of benzene rings is 2. The molecule has 0 fully saturated rings. The summed E-state index contributed by atoms with van der Waals surface area (Å²) < 4.78 is 33.2. The second-order valence-electron chi connectivity index (χ2n) is 6.44. The largest absolute Gasteiger partial charge is 0.434 e. The van der Waals surface area contributed by atoms with Gasteiger partial charge in [0, 0.05) is 13.5 Å². The van der Waals surface area contributed by atoms with E-state index in [0.29, 0.717) is 5.06 Å².